The SMILES string of the molecule is Cn1ccc2c(Oc3ccc(NC(=O)c4cc5cccnc5n(-c5ccc(C(F)(F)F)cc5Cl)c4=O)cc3F)ncnc21. The molecule has 0 unspecified atom stereocenters. The number of halogens is 5. The Morgan fingerprint density at radius 1 is 1.00 bits per heavy atom. The second-order valence-corrected chi connectivity index (χ2v) is 9.73. The number of anilines is 1. The van der Waals surface area contributed by atoms with Crippen molar-refractivity contribution in [2.45, 2.75) is 6.18 Å². The van der Waals surface area contributed by atoms with Gasteiger partial charge in [-0.3, -0.25) is 14.2 Å². The van der Waals surface area contributed by atoms with Gasteiger partial charge >= 0.3 is 6.18 Å². The fourth-order valence-corrected chi connectivity index (χ4v) is 4.76. The Bertz CT molecular complexity index is 2130. The van der Waals surface area contributed by atoms with Crippen molar-refractivity contribution in [3.63, 3.8) is 0 Å². The monoisotopic (exact) mass is 608 g/mol. The van der Waals surface area contributed by atoms with E-state index in [4.69, 9.17) is 16.3 Å². The molecule has 9 nitrogen and oxygen atoms in total. The van der Waals surface area contributed by atoms with Gasteiger partial charge in [-0.1, -0.05) is 11.6 Å². The van der Waals surface area contributed by atoms with Crippen LogP contribution in [-0.4, -0.2) is 30.0 Å². The number of ether oxygens (including phenoxy) is 1. The van der Waals surface area contributed by atoms with Crippen molar-refractivity contribution < 1.29 is 27.1 Å². The van der Waals surface area contributed by atoms with E-state index in [1.807, 2.05) is 0 Å². The summed E-state index contributed by atoms with van der Waals surface area (Å²) in [5.41, 5.74) is -1.75. The number of nitrogens with zero attached hydrogens (tertiary/aromatic N) is 5. The molecule has 0 saturated carbocycles. The zero-order valence-corrected chi connectivity index (χ0v) is 22.6. The van der Waals surface area contributed by atoms with Crippen molar-refractivity contribution in [2.24, 2.45) is 7.05 Å². The summed E-state index contributed by atoms with van der Waals surface area (Å²) in [6.07, 6.45) is -0.238. The van der Waals surface area contributed by atoms with Gasteiger partial charge in [-0.05, 0) is 54.6 Å². The minimum atomic E-state index is -4.66. The number of hydrogen-bond donors (Lipinski definition) is 1. The summed E-state index contributed by atoms with van der Waals surface area (Å²) in [5.74, 6) is -1.76. The fraction of sp³-hybridized carbons (Fsp3) is 0.0690. The Kier molecular flexibility index (Phi) is 6.81. The van der Waals surface area contributed by atoms with Crippen molar-refractivity contribution in [2.75, 3.05) is 5.32 Å². The van der Waals surface area contributed by atoms with Crippen LogP contribution in [0.5, 0.6) is 11.6 Å². The molecule has 43 heavy (non-hydrogen) atoms. The van der Waals surface area contributed by atoms with Gasteiger partial charge in [0, 0.05) is 36.6 Å². The molecule has 0 aliphatic heterocycles. The lowest BCUT2D eigenvalue weighted by Gasteiger charge is -2.15. The molecule has 0 aliphatic rings. The van der Waals surface area contributed by atoms with Gasteiger partial charge in [0.2, 0.25) is 5.88 Å². The third-order valence-electron chi connectivity index (χ3n) is 6.54. The molecule has 216 valence electrons. The van der Waals surface area contributed by atoms with Crippen LogP contribution in [0.15, 0.2) is 84.2 Å². The summed E-state index contributed by atoms with van der Waals surface area (Å²) in [7, 11) is 1.79. The lowest BCUT2D eigenvalue weighted by atomic mass is 10.1. The maximum atomic E-state index is 15.0. The van der Waals surface area contributed by atoms with E-state index in [9.17, 15) is 22.8 Å². The molecule has 6 rings (SSSR count). The minimum Gasteiger partial charge on any atom is -0.435 e. The van der Waals surface area contributed by atoms with E-state index in [0.29, 0.717) is 22.5 Å². The zero-order valence-electron chi connectivity index (χ0n) is 21.9. The molecular formula is C29H17ClF4N6O3. The normalized spacial score (nSPS) is 11.7. The Morgan fingerprint density at radius 3 is 2.56 bits per heavy atom. The summed E-state index contributed by atoms with van der Waals surface area (Å²) >= 11 is 6.18. The van der Waals surface area contributed by atoms with E-state index in [-0.39, 0.29) is 39.2 Å². The van der Waals surface area contributed by atoms with E-state index in [0.717, 1.165) is 22.8 Å². The van der Waals surface area contributed by atoms with Crippen LogP contribution in [0.25, 0.3) is 27.8 Å². The van der Waals surface area contributed by atoms with Crippen LogP contribution in [0.3, 0.4) is 0 Å². The first-order valence-corrected chi connectivity index (χ1v) is 12.8. The number of hydrogen-bond acceptors (Lipinski definition) is 6. The predicted octanol–water partition coefficient (Wildman–Crippen LogP) is 6.52. The average molecular weight is 609 g/mol. The van der Waals surface area contributed by atoms with Gasteiger partial charge < -0.3 is 14.6 Å². The van der Waals surface area contributed by atoms with Gasteiger partial charge in [-0.15, -0.1) is 0 Å². The second kappa shape index (κ2) is 10.5. The molecule has 14 heteroatoms. The van der Waals surface area contributed by atoms with Crippen molar-refractivity contribution in [3.8, 4) is 17.3 Å². The lowest BCUT2D eigenvalue weighted by Crippen LogP contribution is -2.29. The van der Waals surface area contributed by atoms with Gasteiger partial charge in [-0.25, -0.2) is 19.3 Å². The van der Waals surface area contributed by atoms with Crippen molar-refractivity contribution in [3.05, 3.63) is 112 Å². The number of benzene rings is 2. The van der Waals surface area contributed by atoms with Crippen molar-refractivity contribution in [1.29, 1.82) is 0 Å². The molecule has 0 saturated heterocycles. The molecular weight excluding hydrogens is 592 g/mol. The summed E-state index contributed by atoms with van der Waals surface area (Å²) in [6, 6.07) is 12.3. The van der Waals surface area contributed by atoms with Crippen molar-refractivity contribution >= 4 is 45.3 Å². The number of carbonyl (C=O) groups is 1. The number of nitrogens with one attached hydrogen (secondary N) is 1. The Labute approximate surface area is 244 Å². The maximum Gasteiger partial charge on any atom is 0.416 e. The minimum absolute atomic E-state index is 0.00666. The number of amides is 1. The molecule has 2 aromatic carbocycles. The molecule has 1 N–H and O–H groups in total. The largest absolute Gasteiger partial charge is 0.435 e. The van der Waals surface area contributed by atoms with E-state index in [1.54, 1.807) is 36.0 Å². The highest BCUT2D eigenvalue weighted by atomic mass is 35.5. The molecule has 0 aliphatic carbocycles. The van der Waals surface area contributed by atoms with Crippen LogP contribution in [0.1, 0.15) is 15.9 Å². The first kappa shape index (κ1) is 27.8. The summed E-state index contributed by atoms with van der Waals surface area (Å²) < 4.78 is 63.0. The molecule has 0 spiro atoms. The van der Waals surface area contributed by atoms with Crippen LogP contribution < -0.4 is 15.6 Å². The lowest BCUT2D eigenvalue weighted by molar-refractivity contribution is -0.137. The molecule has 0 fully saturated rings. The van der Waals surface area contributed by atoms with Crippen LogP contribution in [0, 0.1) is 5.82 Å². The number of aryl methyl sites for hydroxylation is 1. The highest BCUT2D eigenvalue weighted by Gasteiger charge is 2.31. The number of pyridine rings is 2. The first-order valence-electron chi connectivity index (χ1n) is 12.4. The second-order valence-electron chi connectivity index (χ2n) is 9.32. The van der Waals surface area contributed by atoms with Gasteiger partial charge in [-0.2, -0.15) is 13.2 Å². The number of alkyl halides is 3. The number of fused-ring (bicyclic) bond motifs is 2. The quantitative estimate of drug-likeness (QED) is 0.223. The van der Waals surface area contributed by atoms with Crippen LogP contribution in [0.2, 0.25) is 5.02 Å². The van der Waals surface area contributed by atoms with E-state index < -0.39 is 29.0 Å². The molecule has 1 amide bonds. The number of aromatic nitrogens is 5. The highest BCUT2D eigenvalue weighted by Crippen LogP contribution is 2.34. The molecule has 0 atom stereocenters. The predicted molar refractivity (Wildman–Crippen MR) is 150 cm³/mol. The van der Waals surface area contributed by atoms with Gasteiger partial charge in [0.05, 0.1) is 21.7 Å². The number of rotatable bonds is 5. The summed E-state index contributed by atoms with van der Waals surface area (Å²) in [6.45, 7) is 0. The third kappa shape index (κ3) is 5.14. The van der Waals surface area contributed by atoms with E-state index in [2.05, 4.69) is 20.3 Å². The maximum absolute atomic E-state index is 15.0. The van der Waals surface area contributed by atoms with Gasteiger partial charge in [0.15, 0.2) is 11.6 Å². The standard InChI is InChI=1S/C29H17ClF4N6O3/c1-39-10-8-18-25(39)36-14-37-27(18)43-23-7-5-17(13-21(23)31)38-26(41)19-11-15-3-2-9-35-24(15)40(28(19)42)22-6-4-16(12-20(22)30)29(32,33)34/h2-14H,1H3,(H,38,41). The third-order valence-corrected chi connectivity index (χ3v) is 6.85. The molecule has 6 aromatic rings. The van der Waals surface area contributed by atoms with Gasteiger partial charge in [0.25, 0.3) is 11.5 Å². The zero-order chi connectivity index (χ0) is 30.5. The average Bonchev–Trinajstić information content (AvgIpc) is 3.35. The Hall–Kier alpha value is -5.30. The van der Waals surface area contributed by atoms with Crippen LogP contribution in [0.4, 0.5) is 23.2 Å². The van der Waals surface area contributed by atoms with Crippen LogP contribution >= 0.6 is 11.6 Å². The molecule has 0 radical (unpaired) electrons. The van der Waals surface area contributed by atoms with E-state index in [1.165, 1.54) is 30.7 Å². The molecule has 4 aromatic heterocycles. The molecule has 0 bridgehead atoms. The van der Waals surface area contributed by atoms with E-state index >= 15 is 4.39 Å². The molecule has 4 heterocycles. The van der Waals surface area contributed by atoms with Gasteiger partial charge in [0.1, 0.15) is 23.2 Å². The Balaban J connectivity index is 1.33. The topological polar surface area (TPSA) is 104 Å². The Morgan fingerprint density at radius 2 is 1.81 bits per heavy atom. The fourth-order valence-electron chi connectivity index (χ4n) is 4.49. The summed E-state index contributed by atoms with van der Waals surface area (Å²) in [4.78, 5) is 39.2. The number of carbonyl (C=O) groups excluding carboxylic acids is 1. The first-order chi connectivity index (χ1) is 20.5. The smallest absolute Gasteiger partial charge is 0.416 e. The highest BCUT2D eigenvalue weighted by molar-refractivity contribution is 6.32. The van der Waals surface area contributed by atoms with Crippen molar-refractivity contribution in [1.82, 2.24) is 24.1 Å². The summed E-state index contributed by atoms with van der Waals surface area (Å²) in [5, 5.41) is 2.99. The van der Waals surface area contributed by atoms with Crippen LogP contribution in [-0.2, 0) is 13.2 Å².